The van der Waals surface area contributed by atoms with E-state index in [2.05, 4.69) is 33.4 Å². The summed E-state index contributed by atoms with van der Waals surface area (Å²) in [5.74, 6) is 1.09. The van der Waals surface area contributed by atoms with E-state index >= 15 is 0 Å². The summed E-state index contributed by atoms with van der Waals surface area (Å²) in [6.07, 6.45) is 3.00. The predicted molar refractivity (Wildman–Crippen MR) is 86.5 cm³/mol. The normalized spacial score (nSPS) is 11.2. The highest BCUT2D eigenvalue weighted by Gasteiger charge is 2.11. The van der Waals surface area contributed by atoms with Crippen molar-refractivity contribution in [1.82, 2.24) is 19.7 Å². The minimum atomic E-state index is 0.303. The number of aromatic nitrogens is 4. The molecule has 0 aliphatic heterocycles. The second-order valence-corrected chi connectivity index (χ2v) is 6.10. The Morgan fingerprint density at radius 2 is 2.19 bits per heavy atom. The number of hydrogen-bond acceptors (Lipinski definition) is 6. The topological polar surface area (TPSA) is 81.7 Å². The van der Waals surface area contributed by atoms with Crippen LogP contribution in [-0.2, 0) is 20.0 Å². The van der Waals surface area contributed by atoms with Gasteiger partial charge in [-0.3, -0.25) is 4.68 Å². The number of nitrogens with zero attached hydrogens (tertiary/aromatic N) is 4. The lowest BCUT2D eigenvalue weighted by atomic mass is 10.2. The van der Waals surface area contributed by atoms with Crippen LogP contribution in [-0.4, -0.2) is 19.7 Å². The molecule has 0 saturated heterocycles. The molecule has 0 aromatic carbocycles. The van der Waals surface area contributed by atoms with Crippen molar-refractivity contribution in [2.24, 2.45) is 7.05 Å². The van der Waals surface area contributed by atoms with E-state index in [9.17, 15) is 0 Å². The highest BCUT2D eigenvalue weighted by molar-refractivity contribution is 7.18. The lowest BCUT2D eigenvalue weighted by molar-refractivity contribution is 0.756. The zero-order chi connectivity index (χ0) is 15.0. The van der Waals surface area contributed by atoms with Gasteiger partial charge in [0.1, 0.15) is 10.6 Å². The second-order valence-electron chi connectivity index (χ2n) is 4.98. The van der Waals surface area contributed by atoms with Gasteiger partial charge in [0.05, 0.1) is 11.1 Å². The molecule has 0 radical (unpaired) electrons. The van der Waals surface area contributed by atoms with Crippen molar-refractivity contribution in [3.63, 3.8) is 0 Å². The number of fused-ring (bicyclic) bond motifs is 1. The van der Waals surface area contributed by atoms with Crippen molar-refractivity contribution < 1.29 is 0 Å². The van der Waals surface area contributed by atoms with Gasteiger partial charge in [-0.15, -0.1) is 11.3 Å². The highest BCUT2D eigenvalue weighted by Crippen LogP contribution is 2.30. The Kier molecular flexibility index (Phi) is 3.50. The lowest BCUT2D eigenvalue weighted by Crippen LogP contribution is -2.05. The van der Waals surface area contributed by atoms with Crippen molar-refractivity contribution in [1.29, 1.82) is 0 Å². The Morgan fingerprint density at radius 3 is 2.86 bits per heavy atom. The lowest BCUT2D eigenvalue weighted by Gasteiger charge is -2.06. The Labute approximate surface area is 127 Å². The maximum atomic E-state index is 5.81. The highest BCUT2D eigenvalue weighted by atomic mass is 32.1. The predicted octanol–water partition coefficient (Wildman–Crippen LogP) is 2.49. The molecule has 110 valence electrons. The molecule has 0 bridgehead atoms. The van der Waals surface area contributed by atoms with E-state index in [-0.39, 0.29) is 0 Å². The largest absolute Gasteiger partial charge is 0.368 e. The fourth-order valence-corrected chi connectivity index (χ4v) is 3.27. The first-order chi connectivity index (χ1) is 10.1. The number of nitrogens with two attached hydrogens (primary N) is 1. The minimum Gasteiger partial charge on any atom is -0.368 e. The summed E-state index contributed by atoms with van der Waals surface area (Å²) in [6, 6.07) is 2.14. The quantitative estimate of drug-likeness (QED) is 0.774. The van der Waals surface area contributed by atoms with E-state index in [1.807, 2.05) is 24.9 Å². The number of thiophene rings is 1. The van der Waals surface area contributed by atoms with Crippen LogP contribution in [0.1, 0.15) is 23.1 Å². The monoisotopic (exact) mass is 302 g/mol. The van der Waals surface area contributed by atoms with E-state index in [4.69, 9.17) is 5.73 Å². The van der Waals surface area contributed by atoms with Gasteiger partial charge in [0.15, 0.2) is 0 Å². The van der Waals surface area contributed by atoms with Crippen molar-refractivity contribution in [2.75, 3.05) is 11.1 Å². The third-order valence-electron chi connectivity index (χ3n) is 3.37. The van der Waals surface area contributed by atoms with Crippen molar-refractivity contribution >= 4 is 33.3 Å². The molecule has 0 amide bonds. The fourth-order valence-electron chi connectivity index (χ4n) is 2.30. The summed E-state index contributed by atoms with van der Waals surface area (Å²) in [6.45, 7) is 4.80. The molecule has 0 saturated carbocycles. The molecule has 21 heavy (non-hydrogen) atoms. The molecule has 0 unspecified atom stereocenters. The van der Waals surface area contributed by atoms with Gasteiger partial charge in [-0.2, -0.15) is 10.1 Å². The van der Waals surface area contributed by atoms with Gasteiger partial charge < -0.3 is 11.1 Å². The van der Waals surface area contributed by atoms with Crippen LogP contribution >= 0.6 is 11.3 Å². The summed E-state index contributed by atoms with van der Waals surface area (Å²) in [7, 11) is 1.92. The van der Waals surface area contributed by atoms with Crippen LogP contribution in [0.3, 0.4) is 0 Å². The Balaban J connectivity index is 1.92. The van der Waals surface area contributed by atoms with Crippen molar-refractivity contribution in [3.05, 3.63) is 28.4 Å². The summed E-state index contributed by atoms with van der Waals surface area (Å²) in [5.41, 5.74) is 7.97. The fraction of sp³-hybridized carbons (Fsp3) is 0.357. The van der Waals surface area contributed by atoms with Crippen LogP contribution in [0.4, 0.5) is 11.8 Å². The smallest absolute Gasteiger partial charge is 0.223 e. The summed E-state index contributed by atoms with van der Waals surface area (Å²) in [4.78, 5) is 10.9. The van der Waals surface area contributed by atoms with Gasteiger partial charge in [0, 0.05) is 30.2 Å². The molecule has 0 spiro atoms. The minimum absolute atomic E-state index is 0.303. The molecule has 3 aromatic rings. The van der Waals surface area contributed by atoms with Crippen LogP contribution in [0.25, 0.3) is 10.2 Å². The number of nitrogen functional groups attached to an aromatic ring is 1. The molecule has 0 atom stereocenters. The van der Waals surface area contributed by atoms with E-state index < -0.39 is 0 Å². The molecule has 6 nitrogen and oxygen atoms in total. The number of hydrogen-bond donors (Lipinski definition) is 2. The molecule has 3 rings (SSSR count). The van der Waals surface area contributed by atoms with Gasteiger partial charge in [0.2, 0.25) is 5.95 Å². The molecule has 3 heterocycles. The van der Waals surface area contributed by atoms with Gasteiger partial charge >= 0.3 is 0 Å². The molecule has 0 aliphatic rings. The number of nitrogens with one attached hydrogen (secondary N) is 1. The van der Waals surface area contributed by atoms with Crippen LogP contribution in [0.15, 0.2) is 12.3 Å². The number of anilines is 2. The zero-order valence-corrected chi connectivity index (χ0v) is 13.2. The third-order valence-corrected chi connectivity index (χ3v) is 4.54. The maximum absolute atomic E-state index is 5.81. The second kappa shape index (κ2) is 5.33. The molecule has 0 fully saturated rings. The molecule has 3 N–H and O–H groups in total. The summed E-state index contributed by atoms with van der Waals surface area (Å²) in [5, 5.41) is 8.74. The molecule has 0 aliphatic carbocycles. The molecule has 7 heteroatoms. The van der Waals surface area contributed by atoms with Crippen molar-refractivity contribution in [2.45, 2.75) is 26.8 Å². The number of aryl methyl sites for hydroxylation is 3. The van der Waals surface area contributed by atoms with E-state index in [1.165, 1.54) is 4.88 Å². The summed E-state index contributed by atoms with van der Waals surface area (Å²) < 4.78 is 1.82. The standard InChI is InChI=1S/C14H18N6S/c1-4-10-5-11-12(17-14(15)18-13(11)21-10)16-6-9-7-20(3)19-8(9)2/h5,7H,4,6H2,1-3H3,(H3,15,16,17,18). The molecular weight excluding hydrogens is 284 g/mol. The Morgan fingerprint density at radius 1 is 1.38 bits per heavy atom. The molecule has 3 aromatic heterocycles. The summed E-state index contributed by atoms with van der Waals surface area (Å²) >= 11 is 1.67. The van der Waals surface area contributed by atoms with Crippen LogP contribution in [0, 0.1) is 6.92 Å². The molecular formula is C14H18N6S. The first kappa shape index (κ1) is 13.8. The van der Waals surface area contributed by atoms with E-state index in [1.54, 1.807) is 11.3 Å². The first-order valence-corrected chi connectivity index (χ1v) is 7.67. The van der Waals surface area contributed by atoms with Crippen molar-refractivity contribution in [3.8, 4) is 0 Å². The van der Waals surface area contributed by atoms with E-state index in [0.29, 0.717) is 12.5 Å². The first-order valence-electron chi connectivity index (χ1n) is 6.85. The maximum Gasteiger partial charge on any atom is 0.223 e. The van der Waals surface area contributed by atoms with Gasteiger partial charge in [-0.1, -0.05) is 6.92 Å². The van der Waals surface area contributed by atoms with Crippen LogP contribution in [0.5, 0.6) is 0 Å². The van der Waals surface area contributed by atoms with Gasteiger partial charge in [-0.25, -0.2) is 4.98 Å². The Bertz CT molecular complexity index is 788. The average molecular weight is 302 g/mol. The van der Waals surface area contributed by atoms with Crippen LogP contribution < -0.4 is 11.1 Å². The number of rotatable bonds is 4. The Hall–Kier alpha value is -2.15. The zero-order valence-electron chi connectivity index (χ0n) is 12.3. The van der Waals surface area contributed by atoms with Crippen LogP contribution in [0.2, 0.25) is 0 Å². The average Bonchev–Trinajstić information content (AvgIpc) is 2.98. The van der Waals surface area contributed by atoms with Gasteiger partial charge in [0.25, 0.3) is 0 Å². The SMILES string of the molecule is CCc1cc2c(NCc3cn(C)nc3C)nc(N)nc2s1. The van der Waals surface area contributed by atoms with Gasteiger partial charge in [-0.05, 0) is 19.4 Å². The van der Waals surface area contributed by atoms with E-state index in [0.717, 1.165) is 33.7 Å². The third kappa shape index (κ3) is 2.69.